The lowest BCUT2D eigenvalue weighted by molar-refractivity contribution is 0.0696. The van der Waals surface area contributed by atoms with Crippen LogP contribution < -0.4 is 16.6 Å². The predicted molar refractivity (Wildman–Crippen MR) is 168 cm³/mol. The molecule has 11 nitrogen and oxygen atoms in total. The second-order valence-electron chi connectivity index (χ2n) is 11.5. The second-order valence-corrected chi connectivity index (χ2v) is 11.5. The number of rotatable bonds is 6. The number of aromatic nitrogens is 5. The quantitative estimate of drug-likeness (QED) is 0.269. The van der Waals surface area contributed by atoms with Gasteiger partial charge in [0.25, 0.3) is 11.5 Å². The Morgan fingerprint density at radius 3 is 2.38 bits per heavy atom. The Morgan fingerprint density at radius 1 is 0.872 bits per heavy atom. The average Bonchev–Trinajstić information content (AvgIpc) is 3.50. The van der Waals surface area contributed by atoms with Crippen LogP contribution in [0.5, 0.6) is 0 Å². The van der Waals surface area contributed by atoms with Gasteiger partial charge in [-0.25, -0.2) is 32.9 Å². The summed E-state index contributed by atoms with van der Waals surface area (Å²) in [5, 5.41) is 12.1. The zero-order valence-corrected chi connectivity index (χ0v) is 24.6. The first-order chi connectivity index (χ1) is 22.7. The van der Waals surface area contributed by atoms with E-state index in [4.69, 9.17) is 0 Å². The molecule has 236 valence electrons. The van der Waals surface area contributed by atoms with Gasteiger partial charge in [-0.1, -0.05) is 24.3 Å². The summed E-state index contributed by atoms with van der Waals surface area (Å²) in [5.74, 6) is -2.65. The lowest BCUT2D eigenvalue weighted by Gasteiger charge is -2.30. The van der Waals surface area contributed by atoms with Gasteiger partial charge in [-0.15, -0.1) is 0 Å². The largest absolute Gasteiger partial charge is 0.478 e. The van der Waals surface area contributed by atoms with Crippen LogP contribution in [0.25, 0.3) is 33.5 Å². The Hall–Kier alpha value is -5.98. The lowest BCUT2D eigenvalue weighted by atomic mass is 9.90. The van der Waals surface area contributed by atoms with E-state index in [0.29, 0.717) is 48.1 Å². The van der Waals surface area contributed by atoms with Gasteiger partial charge in [-0.2, -0.15) is 0 Å². The first kappa shape index (κ1) is 29.7. The number of hydrogen-bond donors (Lipinski definition) is 2. The van der Waals surface area contributed by atoms with Gasteiger partial charge in [0.05, 0.1) is 22.8 Å². The van der Waals surface area contributed by atoms with Crippen molar-refractivity contribution in [2.75, 3.05) is 0 Å². The fourth-order valence-electron chi connectivity index (χ4n) is 6.18. The zero-order chi connectivity index (χ0) is 32.8. The third kappa shape index (κ3) is 5.56. The van der Waals surface area contributed by atoms with Crippen molar-refractivity contribution in [2.24, 2.45) is 0 Å². The molecule has 2 aromatic carbocycles. The molecule has 4 aromatic heterocycles. The first-order valence-electron chi connectivity index (χ1n) is 14.9. The highest BCUT2D eigenvalue weighted by Gasteiger charge is 2.28. The minimum Gasteiger partial charge on any atom is -0.478 e. The molecule has 13 heteroatoms. The summed E-state index contributed by atoms with van der Waals surface area (Å²) >= 11 is 0. The van der Waals surface area contributed by atoms with E-state index in [2.05, 4.69) is 15.3 Å². The number of nitrogens with one attached hydrogen (secondary N) is 1. The van der Waals surface area contributed by atoms with E-state index in [1.54, 1.807) is 36.4 Å². The number of nitrogens with zero attached hydrogens (tertiary/aromatic N) is 5. The van der Waals surface area contributed by atoms with Crippen molar-refractivity contribution in [3.05, 3.63) is 129 Å². The molecule has 0 spiro atoms. The number of benzene rings is 2. The van der Waals surface area contributed by atoms with Gasteiger partial charge in [0, 0.05) is 24.5 Å². The van der Waals surface area contributed by atoms with E-state index < -0.39 is 40.8 Å². The van der Waals surface area contributed by atoms with Gasteiger partial charge in [-0.05, 0) is 79.3 Å². The van der Waals surface area contributed by atoms with Gasteiger partial charge < -0.3 is 14.8 Å². The van der Waals surface area contributed by atoms with Crippen LogP contribution in [0.1, 0.15) is 52.6 Å². The SMILES string of the molecule is O=C(O)c1ccc(-c2cccc(-n3c(=O)n([C@H]4CC[C@@H](NC(=O)c5cn6cc(F)ccc6n5)CC4)c(=O)c4cc(F)cnc43)c2)cc1. The molecular formula is C34H26F2N6O5. The summed E-state index contributed by atoms with van der Waals surface area (Å²) < 4.78 is 31.8. The number of carbonyl (C=O) groups excluding carboxylic acids is 1. The van der Waals surface area contributed by atoms with Crippen LogP contribution in [-0.4, -0.2) is 46.5 Å². The van der Waals surface area contributed by atoms with Crippen LogP contribution in [0.4, 0.5) is 8.78 Å². The molecule has 0 radical (unpaired) electrons. The molecule has 4 heterocycles. The minimum atomic E-state index is -1.05. The van der Waals surface area contributed by atoms with Crippen molar-refractivity contribution in [1.29, 1.82) is 0 Å². The van der Waals surface area contributed by atoms with Crippen LogP contribution in [0.2, 0.25) is 0 Å². The van der Waals surface area contributed by atoms with Crippen LogP contribution in [0.15, 0.2) is 94.9 Å². The molecule has 1 aliphatic carbocycles. The Bertz CT molecular complexity index is 2320. The molecule has 1 fully saturated rings. The number of carboxylic acid groups (broad SMARTS) is 1. The number of halogens is 2. The molecule has 7 rings (SSSR count). The topological polar surface area (TPSA) is 141 Å². The van der Waals surface area contributed by atoms with E-state index in [9.17, 15) is 33.1 Å². The maximum atomic E-state index is 14.4. The number of pyridine rings is 2. The van der Waals surface area contributed by atoms with Crippen LogP contribution in [0.3, 0.4) is 0 Å². The maximum absolute atomic E-state index is 14.4. The molecule has 0 unspecified atom stereocenters. The number of aromatic carboxylic acids is 1. The standard InChI is InChI=1S/C34H26F2N6O5/c35-22-8-13-29-39-28(18-40(29)17-22)31(43)38-24-9-11-25(12-10-24)42-32(44)27-15-23(36)16-37-30(27)41(34(42)47)26-3-1-2-21(14-26)19-4-6-20(7-5-19)33(45)46/h1-8,13-18,24-25H,9-12H2,(H,38,43)(H,45,46)/t24-,25+. The summed E-state index contributed by atoms with van der Waals surface area (Å²) in [4.78, 5) is 60.4. The fraction of sp³-hybridized carbons (Fsp3) is 0.176. The second kappa shape index (κ2) is 11.7. The highest BCUT2D eigenvalue weighted by Crippen LogP contribution is 2.28. The maximum Gasteiger partial charge on any atom is 0.337 e. The van der Waals surface area contributed by atoms with Gasteiger partial charge in [0.15, 0.2) is 5.65 Å². The molecule has 2 N–H and O–H groups in total. The van der Waals surface area contributed by atoms with E-state index in [1.807, 2.05) is 0 Å². The summed E-state index contributed by atoms with van der Waals surface area (Å²) in [7, 11) is 0. The van der Waals surface area contributed by atoms with E-state index in [1.165, 1.54) is 45.6 Å². The molecule has 0 atom stereocenters. The number of fused-ring (bicyclic) bond motifs is 2. The van der Waals surface area contributed by atoms with E-state index in [0.717, 1.165) is 16.8 Å². The molecule has 6 aromatic rings. The normalized spacial score (nSPS) is 16.4. The average molecular weight is 637 g/mol. The van der Waals surface area contributed by atoms with Crippen molar-refractivity contribution in [2.45, 2.75) is 37.8 Å². The smallest absolute Gasteiger partial charge is 0.337 e. The van der Waals surface area contributed by atoms with Crippen LogP contribution >= 0.6 is 0 Å². The van der Waals surface area contributed by atoms with Gasteiger partial charge in [0.2, 0.25) is 0 Å². The Balaban J connectivity index is 1.19. The summed E-state index contributed by atoms with van der Waals surface area (Å²) in [6.45, 7) is 0. The van der Waals surface area contributed by atoms with Crippen molar-refractivity contribution in [3.8, 4) is 16.8 Å². The van der Waals surface area contributed by atoms with Crippen molar-refractivity contribution in [3.63, 3.8) is 0 Å². The van der Waals surface area contributed by atoms with Crippen molar-refractivity contribution < 1.29 is 23.5 Å². The minimum absolute atomic E-state index is 0.00399. The number of imidazole rings is 1. The Labute approximate surface area is 264 Å². The molecule has 1 saturated carbocycles. The lowest BCUT2D eigenvalue weighted by Crippen LogP contribution is -2.45. The number of hydrogen-bond acceptors (Lipinski definition) is 6. The number of carbonyl (C=O) groups is 2. The molecule has 0 saturated heterocycles. The number of amides is 1. The number of carboxylic acids is 1. The zero-order valence-electron chi connectivity index (χ0n) is 24.6. The van der Waals surface area contributed by atoms with Crippen LogP contribution in [0, 0.1) is 11.6 Å². The van der Waals surface area contributed by atoms with Crippen LogP contribution in [-0.2, 0) is 0 Å². The summed E-state index contributed by atoms with van der Waals surface area (Å²) in [5.41, 5.74) is 1.20. The Morgan fingerprint density at radius 2 is 1.64 bits per heavy atom. The third-order valence-corrected chi connectivity index (χ3v) is 8.51. The van der Waals surface area contributed by atoms with E-state index >= 15 is 0 Å². The molecule has 0 bridgehead atoms. The first-order valence-corrected chi connectivity index (χ1v) is 14.9. The highest BCUT2D eigenvalue weighted by molar-refractivity contribution is 5.93. The molecule has 1 aliphatic rings. The molecule has 1 amide bonds. The third-order valence-electron chi connectivity index (χ3n) is 8.51. The van der Waals surface area contributed by atoms with Gasteiger partial charge in [0.1, 0.15) is 23.0 Å². The highest BCUT2D eigenvalue weighted by atomic mass is 19.1. The molecule has 47 heavy (non-hydrogen) atoms. The predicted octanol–water partition coefficient (Wildman–Crippen LogP) is 4.75. The monoisotopic (exact) mass is 636 g/mol. The van der Waals surface area contributed by atoms with Crippen molar-refractivity contribution >= 4 is 28.6 Å². The van der Waals surface area contributed by atoms with E-state index in [-0.39, 0.29) is 28.3 Å². The van der Waals surface area contributed by atoms with Crippen molar-refractivity contribution in [1.82, 2.24) is 28.8 Å². The Kier molecular flexibility index (Phi) is 7.43. The summed E-state index contributed by atoms with van der Waals surface area (Å²) in [6, 6.07) is 16.2. The molecular weight excluding hydrogens is 610 g/mol. The van der Waals surface area contributed by atoms with Gasteiger partial charge in [-0.3, -0.25) is 14.2 Å². The molecule has 0 aliphatic heterocycles. The van der Waals surface area contributed by atoms with Gasteiger partial charge >= 0.3 is 11.7 Å². The fourth-order valence-corrected chi connectivity index (χ4v) is 6.18. The summed E-state index contributed by atoms with van der Waals surface area (Å²) in [6.07, 6.45) is 5.33.